The van der Waals surface area contributed by atoms with Crippen molar-refractivity contribution in [2.24, 2.45) is 0 Å². The number of rotatable bonds is 5. The minimum absolute atomic E-state index is 0.0283. The minimum atomic E-state index is -0.986. The molecule has 1 amide bonds. The van der Waals surface area contributed by atoms with Gasteiger partial charge in [0.05, 0.1) is 42.2 Å². The minimum Gasteiger partial charge on any atom is -0.489 e. The molecule has 2 saturated heterocycles. The average Bonchev–Trinajstić information content (AvgIpc) is 3.42. The summed E-state index contributed by atoms with van der Waals surface area (Å²) in [6, 6.07) is 3.51. The Bertz CT molecular complexity index is 1300. The second kappa shape index (κ2) is 8.69. The molecule has 2 fully saturated rings. The first-order valence-corrected chi connectivity index (χ1v) is 12.1. The van der Waals surface area contributed by atoms with Gasteiger partial charge >= 0.3 is 0 Å². The van der Waals surface area contributed by atoms with Crippen LogP contribution in [0.2, 0.25) is 5.02 Å². The Morgan fingerprint density at radius 2 is 2.11 bits per heavy atom. The van der Waals surface area contributed by atoms with Crippen LogP contribution in [-0.4, -0.2) is 72.9 Å². The summed E-state index contributed by atoms with van der Waals surface area (Å²) in [5.41, 5.74) is 2.48. The fraction of sp³-hybridized carbons (Fsp3) is 0.458. The van der Waals surface area contributed by atoms with Crippen molar-refractivity contribution in [2.45, 2.75) is 56.7 Å². The molecule has 35 heavy (non-hydrogen) atoms. The molecule has 184 valence electrons. The Morgan fingerprint density at radius 3 is 2.91 bits per heavy atom. The van der Waals surface area contributed by atoms with Crippen LogP contribution in [0.1, 0.15) is 40.9 Å². The maximum atomic E-state index is 14.6. The van der Waals surface area contributed by atoms with Crippen LogP contribution >= 0.6 is 11.6 Å². The van der Waals surface area contributed by atoms with E-state index in [1.54, 1.807) is 15.6 Å². The molecule has 3 aliphatic rings. The van der Waals surface area contributed by atoms with Gasteiger partial charge in [-0.3, -0.25) is 9.69 Å². The third kappa shape index (κ3) is 3.93. The van der Waals surface area contributed by atoms with Gasteiger partial charge in [-0.25, -0.2) is 18.3 Å². The number of carbonyl (C=O) groups is 1. The molecule has 1 aromatic carbocycles. The first-order chi connectivity index (χ1) is 16.9. The van der Waals surface area contributed by atoms with E-state index in [0.29, 0.717) is 49.6 Å². The lowest BCUT2D eigenvalue weighted by atomic mass is 9.99. The van der Waals surface area contributed by atoms with Crippen molar-refractivity contribution in [1.29, 1.82) is 0 Å². The van der Waals surface area contributed by atoms with Gasteiger partial charge < -0.3 is 14.7 Å². The van der Waals surface area contributed by atoms with E-state index in [2.05, 4.69) is 10.1 Å². The van der Waals surface area contributed by atoms with E-state index in [0.717, 1.165) is 11.3 Å². The fourth-order valence-electron chi connectivity index (χ4n) is 5.76. The highest BCUT2D eigenvalue weighted by atomic mass is 35.5. The summed E-state index contributed by atoms with van der Waals surface area (Å²) in [7, 11) is 0. The SMILES string of the molecule is O=C(c1ccc(F)cc1O[C@@H]1CC2CC(F)C(C1)N2CCO)N1Cc2nn3cc(Cl)cnc3c2C1. The van der Waals surface area contributed by atoms with Crippen LogP contribution in [0.15, 0.2) is 30.6 Å². The van der Waals surface area contributed by atoms with Crippen molar-refractivity contribution < 1.29 is 23.4 Å². The van der Waals surface area contributed by atoms with E-state index in [9.17, 15) is 18.7 Å². The van der Waals surface area contributed by atoms with E-state index in [4.69, 9.17) is 16.3 Å². The molecule has 5 heterocycles. The summed E-state index contributed by atoms with van der Waals surface area (Å²) in [5, 5.41) is 14.3. The van der Waals surface area contributed by atoms with Gasteiger partial charge in [0.25, 0.3) is 5.91 Å². The molecular weight excluding hydrogens is 480 g/mol. The monoisotopic (exact) mass is 503 g/mol. The summed E-state index contributed by atoms with van der Waals surface area (Å²) in [6.45, 7) is 1.00. The van der Waals surface area contributed by atoms with E-state index < -0.39 is 12.0 Å². The lowest BCUT2D eigenvalue weighted by Gasteiger charge is -2.38. The molecule has 1 N–H and O–H groups in total. The summed E-state index contributed by atoms with van der Waals surface area (Å²) in [6.07, 6.45) is 3.25. The lowest BCUT2D eigenvalue weighted by molar-refractivity contribution is 0.0284. The van der Waals surface area contributed by atoms with E-state index in [-0.39, 0.29) is 42.0 Å². The number of aliphatic hydroxyl groups is 1. The Hall–Kier alpha value is -2.82. The third-order valence-electron chi connectivity index (χ3n) is 7.27. The first-order valence-electron chi connectivity index (χ1n) is 11.7. The van der Waals surface area contributed by atoms with E-state index in [1.807, 2.05) is 4.90 Å². The largest absolute Gasteiger partial charge is 0.489 e. The van der Waals surface area contributed by atoms with Crippen LogP contribution in [0.4, 0.5) is 8.78 Å². The zero-order valence-electron chi connectivity index (χ0n) is 18.8. The number of hydrogen-bond acceptors (Lipinski definition) is 6. The lowest BCUT2D eigenvalue weighted by Crippen LogP contribution is -2.48. The molecule has 3 aromatic rings. The smallest absolute Gasteiger partial charge is 0.258 e. The van der Waals surface area contributed by atoms with Gasteiger partial charge in [0.1, 0.15) is 23.8 Å². The molecule has 6 rings (SSSR count). The number of amides is 1. The molecular formula is C24H24ClF2N5O3. The zero-order chi connectivity index (χ0) is 24.3. The standard InChI is InChI=1S/C24H24ClF2N5O3/c25-13-9-28-23-18-11-30(12-20(18)29-32(23)10-13)24(34)17-2-1-14(26)5-22(17)35-16-6-15-7-19(27)21(8-16)31(15)3-4-33/h1-2,5,9-10,15-16,19,21,33H,3-4,6-8,11-12H2/t15?,16-,19?,21?/m1/s1. The van der Waals surface area contributed by atoms with Crippen LogP contribution in [0.3, 0.4) is 0 Å². The van der Waals surface area contributed by atoms with E-state index >= 15 is 0 Å². The maximum Gasteiger partial charge on any atom is 0.258 e. The number of halogens is 3. The molecule has 8 nitrogen and oxygen atoms in total. The van der Waals surface area contributed by atoms with Gasteiger partial charge in [-0.1, -0.05) is 11.6 Å². The Balaban J connectivity index is 1.22. The quantitative estimate of drug-likeness (QED) is 0.576. The van der Waals surface area contributed by atoms with Crippen LogP contribution in [-0.2, 0) is 13.1 Å². The Labute approximate surface area is 205 Å². The zero-order valence-corrected chi connectivity index (χ0v) is 19.5. The van der Waals surface area contributed by atoms with Gasteiger partial charge in [0.15, 0.2) is 5.65 Å². The topological polar surface area (TPSA) is 83.2 Å². The van der Waals surface area contributed by atoms with Crippen molar-refractivity contribution in [3.05, 3.63) is 58.3 Å². The number of ether oxygens (including phenoxy) is 1. The van der Waals surface area contributed by atoms with E-state index in [1.165, 1.54) is 24.4 Å². The molecule has 0 aliphatic carbocycles. The number of alkyl halides is 1. The highest BCUT2D eigenvalue weighted by Gasteiger charge is 2.47. The second-order valence-corrected chi connectivity index (χ2v) is 9.85. The van der Waals surface area contributed by atoms with Crippen molar-refractivity contribution in [3.8, 4) is 5.75 Å². The highest BCUT2D eigenvalue weighted by Crippen LogP contribution is 2.39. The summed E-state index contributed by atoms with van der Waals surface area (Å²) >= 11 is 6.00. The molecule has 3 aliphatic heterocycles. The first kappa shape index (κ1) is 22.6. The molecule has 0 radical (unpaired) electrons. The number of benzene rings is 1. The molecule has 4 atom stereocenters. The molecule has 0 saturated carbocycles. The van der Waals surface area contributed by atoms with Gasteiger partial charge in [0, 0.05) is 49.3 Å². The van der Waals surface area contributed by atoms with Crippen molar-refractivity contribution >= 4 is 23.2 Å². The summed E-state index contributed by atoms with van der Waals surface area (Å²) in [4.78, 5) is 21.4. The Morgan fingerprint density at radius 1 is 1.26 bits per heavy atom. The number of aliphatic hydroxyl groups excluding tert-OH is 1. The predicted octanol–water partition coefficient (Wildman–Crippen LogP) is 2.99. The van der Waals surface area contributed by atoms with Crippen LogP contribution in [0.25, 0.3) is 5.65 Å². The highest BCUT2D eigenvalue weighted by molar-refractivity contribution is 6.30. The predicted molar refractivity (Wildman–Crippen MR) is 123 cm³/mol. The number of aromatic nitrogens is 3. The maximum absolute atomic E-state index is 14.6. The summed E-state index contributed by atoms with van der Waals surface area (Å²) < 4.78 is 36.5. The number of fused-ring (bicyclic) bond motifs is 5. The van der Waals surface area contributed by atoms with Gasteiger partial charge in [-0.05, 0) is 18.6 Å². The molecule has 3 unspecified atom stereocenters. The fourth-order valence-corrected chi connectivity index (χ4v) is 5.90. The second-order valence-electron chi connectivity index (χ2n) is 9.41. The van der Waals surface area contributed by atoms with Gasteiger partial charge in [-0.15, -0.1) is 0 Å². The average molecular weight is 504 g/mol. The number of carbonyl (C=O) groups excluding carboxylic acids is 1. The van der Waals surface area contributed by atoms with Crippen molar-refractivity contribution in [1.82, 2.24) is 24.4 Å². The third-order valence-corrected chi connectivity index (χ3v) is 7.47. The molecule has 0 spiro atoms. The van der Waals surface area contributed by atoms with Crippen LogP contribution in [0.5, 0.6) is 5.75 Å². The van der Waals surface area contributed by atoms with Crippen LogP contribution in [0, 0.1) is 5.82 Å². The number of nitrogens with zero attached hydrogens (tertiary/aromatic N) is 5. The molecule has 11 heteroatoms. The number of piperidine rings is 1. The van der Waals surface area contributed by atoms with Crippen molar-refractivity contribution in [3.63, 3.8) is 0 Å². The van der Waals surface area contributed by atoms with Crippen molar-refractivity contribution in [2.75, 3.05) is 13.2 Å². The van der Waals surface area contributed by atoms with Gasteiger partial charge in [0.2, 0.25) is 0 Å². The molecule has 2 bridgehead atoms. The summed E-state index contributed by atoms with van der Waals surface area (Å²) in [5.74, 6) is -0.646. The van der Waals surface area contributed by atoms with Crippen LogP contribution < -0.4 is 4.74 Å². The number of hydrogen-bond donors (Lipinski definition) is 1. The van der Waals surface area contributed by atoms with Gasteiger partial charge in [-0.2, -0.15) is 5.10 Å². The normalized spacial score (nSPS) is 25.9. The Kier molecular flexibility index (Phi) is 5.62. The molecule has 2 aromatic heterocycles.